The van der Waals surface area contributed by atoms with Crippen LogP contribution in [0.5, 0.6) is 0 Å². The van der Waals surface area contributed by atoms with E-state index in [9.17, 15) is 15.0 Å². The van der Waals surface area contributed by atoms with Gasteiger partial charge >= 0.3 is 5.97 Å². The second-order valence-corrected chi connectivity index (χ2v) is 11.0. The largest absolute Gasteiger partial charge is 0.461 e. The van der Waals surface area contributed by atoms with Gasteiger partial charge in [0.2, 0.25) is 0 Å². The van der Waals surface area contributed by atoms with Gasteiger partial charge in [0.25, 0.3) is 0 Å². The Bertz CT molecular complexity index is 875. The van der Waals surface area contributed by atoms with Crippen molar-refractivity contribution >= 4 is 5.97 Å². The van der Waals surface area contributed by atoms with Crippen molar-refractivity contribution in [3.05, 3.63) is 47.5 Å². The minimum atomic E-state index is -0.689. The molecule has 0 bridgehead atoms. The molecule has 1 saturated carbocycles. The van der Waals surface area contributed by atoms with Crippen molar-refractivity contribution in [3.8, 4) is 0 Å². The Hall–Kier alpha value is -1.69. The first-order valence-corrected chi connectivity index (χ1v) is 12.4. The lowest BCUT2D eigenvalue weighted by Gasteiger charge is -2.52. The third kappa shape index (κ3) is 3.72. The number of carbonyl (C=O) groups is 1. The van der Waals surface area contributed by atoms with Crippen LogP contribution >= 0.6 is 0 Å². The van der Waals surface area contributed by atoms with Gasteiger partial charge in [0.15, 0.2) is 0 Å². The monoisotopic (exact) mass is 439 g/mol. The molecule has 5 heteroatoms. The van der Waals surface area contributed by atoms with E-state index in [0.717, 1.165) is 37.9 Å². The maximum Gasteiger partial charge on any atom is 0.311 e. The summed E-state index contributed by atoms with van der Waals surface area (Å²) in [4.78, 5) is 15.2. The highest BCUT2D eigenvalue weighted by molar-refractivity contribution is 5.76. The molecule has 2 heterocycles. The summed E-state index contributed by atoms with van der Waals surface area (Å²) in [6, 6.07) is 10.2. The Balaban J connectivity index is 1.26. The summed E-state index contributed by atoms with van der Waals surface area (Å²) in [6.45, 7) is 6.57. The van der Waals surface area contributed by atoms with E-state index in [1.54, 1.807) is 0 Å². The van der Waals surface area contributed by atoms with Crippen LogP contribution in [-0.4, -0.2) is 58.5 Å². The van der Waals surface area contributed by atoms with Crippen LogP contribution in [0.4, 0.5) is 0 Å². The molecular formula is C27H37NO4. The maximum absolute atomic E-state index is 12.9. The summed E-state index contributed by atoms with van der Waals surface area (Å²) in [5.41, 5.74) is 1.49. The van der Waals surface area contributed by atoms with E-state index in [2.05, 4.69) is 37.0 Å². The summed E-state index contributed by atoms with van der Waals surface area (Å²) in [5.74, 6) is -0.185. The number of aliphatic hydroxyl groups is 2. The van der Waals surface area contributed by atoms with Gasteiger partial charge in [-0.3, -0.25) is 4.79 Å². The molecule has 5 nitrogen and oxygen atoms in total. The molecule has 1 aromatic rings. The first-order valence-electron chi connectivity index (χ1n) is 12.4. The number of hydrogen-bond acceptors (Lipinski definition) is 5. The highest BCUT2D eigenvalue weighted by Gasteiger charge is 2.59. The highest BCUT2D eigenvalue weighted by Crippen LogP contribution is 2.56. The summed E-state index contributed by atoms with van der Waals surface area (Å²) in [6.07, 6.45) is 6.48. The van der Waals surface area contributed by atoms with Crippen molar-refractivity contribution < 1.29 is 19.7 Å². The normalized spacial score (nSPS) is 39.1. The lowest BCUT2D eigenvalue weighted by molar-refractivity contribution is -0.145. The number of hydrogen-bond donors (Lipinski definition) is 2. The first-order chi connectivity index (χ1) is 15.3. The fraction of sp³-hybridized carbons (Fsp3) is 0.667. The Labute approximate surface area is 191 Å². The molecule has 0 spiro atoms. The van der Waals surface area contributed by atoms with Crippen molar-refractivity contribution in [3.63, 3.8) is 0 Å². The minimum absolute atomic E-state index is 0.143. The van der Waals surface area contributed by atoms with Gasteiger partial charge in [-0.25, -0.2) is 0 Å². The van der Waals surface area contributed by atoms with Crippen molar-refractivity contribution in [2.45, 2.75) is 70.2 Å². The fourth-order valence-corrected chi connectivity index (χ4v) is 6.86. The molecule has 0 radical (unpaired) electrons. The Morgan fingerprint density at radius 3 is 2.62 bits per heavy atom. The zero-order chi connectivity index (χ0) is 22.5. The van der Waals surface area contributed by atoms with Crippen molar-refractivity contribution in [2.24, 2.45) is 23.2 Å². The van der Waals surface area contributed by atoms with E-state index >= 15 is 0 Å². The highest BCUT2D eigenvalue weighted by atomic mass is 16.6. The second-order valence-electron chi connectivity index (χ2n) is 11.0. The fourth-order valence-electron chi connectivity index (χ4n) is 6.86. The molecule has 2 aliphatic heterocycles. The molecule has 0 aromatic heterocycles. The van der Waals surface area contributed by atoms with E-state index in [1.165, 1.54) is 5.57 Å². The van der Waals surface area contributed by atoms with Crippen LogP contribution in [0.25, 0.3) is 0 Å². The average molecular weight is 440 g/mol. The van der Waals surface area contributed by atoms with Gasteiger partial charge in [-0.15, -0.1) is 0 Å². The summed E-state index contributed by atoms with van der Waals surface area (Å²) in [7, 11) is 0. The van der Waals surface area contributed by atoms with Crippen LogP contribution in [0.3, 0.4) is 0 Å². The number of likely N-dealkylation sites (tertiary alicyclic amines) is 1. The summed E-state index contributed by atoms with van der Waals surface area (Å²) >= 11 is 0. The average Bonchev–Trinajstić information content (AvgIpc) is 3.08. The molecule has 0 amide bonds. The molecule has 2 aliphatic carbocycles. The molecule has 1 aromatic carbocycles. The lowest BCUT2D eigenvalue weighted by Crippen LogP contribution is -2.55. The number of aliphatic hydroxyl groups excluding tert-OH is 1. The first kappa shape index (κ1) is 22.1. The van der Waals surface area contributed by atoms with Gasteiger partial charge in [0, 0.05) is 43.8 Å². The van der Waals surface area contributed by atoms with Crippen molar-refractivity contribution in [1.29, 1.82) is 0 Å². The lowest BCUT2D eigenvalue weighted by atomic mass is 9.55. The second kappa shape index (κ2) is 8.27. The third-order valence-electron chi connectivity index (χ3n) is 9.19. The van der Waals surface area contributed by atoms with Crippen LogP contribution in [0.1, 0.15) is 51.5 Å². The predicted molar refractivity (Wildman–Crippen MR) is 123 cm³/mol. The maximum atomic E-state index is 12.9. The van der Waals surface area contributed by atoms with Gasteiger partial charge in [-0.05, 0) is 37.2 Å². The smallest absolute Gasteiger partial charge is 0.311 e. The van der Waals surface area contributed by atoms with E-state index in [-0.39, 0.29) is 29.3 Å². The number of benzene rings is 1. The topological polar surface area (TPSA) is 70.0 Å². The Morgan fingerprint density at radius 2 is 1.91 bits per heavy atom. The number of ether oxygens (including phenoxy) is 1. The SMILES string of the molecule is C[C@@H]1CCC=C2C[C@H]3OC(=O)[C@H](CN4CCC(O)(Cc5ccccc5)CC4)[C@H]3[C@H](O)[C@@]21C. The van der Waals surface area contributed by atoms with Gasteiger partial charge in [-0.2, -0.15) is 0 Å². The number of allylic oxidation sites excluding steroid dienone is 1. The van der Waals surface area contributed by atoms with Crippen LogP contribution in [0, 0.1) is 23.2 Å². The van der Waals surface area contributed by atoms with Gasteiger partial charge < -0.3 is 19.8 Å². The van der Waals surface area contributed by atoms with Gasteiger partial charge in [0.1, 0.15) is 6.10 Å². The number of carbonyl (C=O) groups excluding carboxylic acids is 1. The van der Waals surface area contributed by atoms with Gasteiger partial charge in [-0.1, -0.05) is 55.8 Å². The molecule has 3 fully saturated rings. The van der Waals surface area contributed by atoms with Crippen LogP contribution < -0.4 is 0 Å². The quantitative estimate of drug-likeness (QED) is 0.556. The van der Waals surface area contributed by atoms with E-state index < -0.39 is 11.7 Å². The standard InChI is InChI=1S/C27H37NO4/c1-18-7-6-10-20-15-22-23(24(29)26(18,20)2)21(25(30)32-22)17-28-13-11-27(31,12-14-28)16-19-8-4-3-5-9-19/h3-5,8-10,18,21-24,29,31H,6-7,11-17H2,1-2H3/t18-,21-,22-,23-,24+,26-/m1/s1. The van der Waals surface area contributed by atoms with E-state index in [1.807, 2.05) is 18.2 Å². The Morgan fingerprint density at radius 1 is 1.19 bits per heavy atom. The van der Waals surface area contributed by atoms with Crippen molar-refractivity contribution in [1.82, 2.24) is 4.90 Å². The predicted octanol–water partition coefficient (Wildman–Crippen LogP) is 3.34. The van der Waals surface area contributed by atoms with Crippen LogP contribution in [0.2, 0.25) is 0 Å². The number of piperidine rings is 1. The molecular weight excluding hydrogens is 402 g/mol. The van der Waals surface area contributed by atoms with Crippen LogP contribution in [0.15, 0.2) is 42.0 Å². The van der Waals surface area contributed by atoms with E-state index in [0.29, 0.717) is 31.7 Å². The molecule has 4 aliphatic rings. The molecule has 174 valence electrons. The Kier molecular flexibility index (Phi) is 5.71. The minimum Gasteiger partial charge on any atom is -0.461 e. The number of nitrogens with zero attached hydrogens (tertiary/aromatic N) is 1. The number of fused-ring (bicyclic) bond motifs is 2. The summed E-state index contributed by atoms with van der Waals surface area (Å²) in [5, 5.41) is 22.7. The van der Waals surface area contributed by atoms with Crippen molar-refractivity contribution in [2.75, 3.05) is 19.6 Å². The third-order valence-corrected chi connectivity index (χ3v) is 9.19. The molecule has 2 saturated heterocycles. The number of esters is 1. The zero-order valence-corrected chi connectivity index (χ0v) is 19.4. The summed E-state index contributed by atoms with van der Waals surface area (Å²) < 4.78 is 5.82. The molecule has 32 heavy (non-hydrogen) atoms. The van der Waals surface area contributed by atoms with Crippen LogP contribution in [-0.2, 0) is 16.0 Å². The number of rotatable bonds is 4. The van der Waals surface area contributed by atoms with E-state index in [4.69, 9.17) is 4.74 Å². The molecule has 6 atom stereocenters. The zero-order valence-electron chi connectivity index (χ0n) is 19.4. The molecule has 0 unspecified atom stereocenters. The molecule has 2 N–H and O–H groups in total. The van der Waals surface area contributed by atoms with Gasteiger partial charge in [0.05, 0.1) is 17.6 Å². The molecule has 5 rings (SSSR count).